The number of ether oxygens (including phenoxy) is 3. The molecule has 0 unspecified atom stereocenters. The van der Waals surface area contributed by atoms with Gasteiger partial charge in [0.25, 0.3) is 0 Å². The molecule has 2 aromatic rings. The molecule has 160 valence electrons. The second-order valence-electron chi connectivity index (χ2n) is 6.63. The Bertz CT molecular complexity index is 999. The van der Waals surface area contributed by atoms with Gasteiger partial charge in [0.15, 0.2) is 0 Å². The van der Waals surface area contributed by atoms with Gasteiger partial charge >= 0.3 is 11.9 Å². The molecule has 0 bridgehead atoms. The molecule has 0 N–H and O–H groups in total. The molecular weight excluding hydrogens is 410 g/mol. The van der Waals surface area contributed by atoms with Gasteiger partial charge < -0.3 is 14.2 Å². The fourth-order valence-electron chi connectivity index (χ4n) is 2.92. The quantitative estimate of drug-likeness (QED) is 0.487. The number of carbonyl (C=O) groups is 2. The SMILES string of the molecule is Cc1ccc(S(=O)(=O)N2CCOCC2)cc1C(=O)OCCOC(=O)c1ccccc1. The Morgan fingerprint density at radius 2 is 1.60 bits per heavy atom. The summed E-state index contributed by atoms with van der Waals surface area (Å²) in [6.45, 7) is 2.65. The summed E-state index contributed by atoms with van der Waals surface area (Å²) >= 11 is 0. The summed E-state index contributed by atoms with van der Waals surface area (Å²) in [5.41, 5.74) is 1.14. The molecule has 1 saturated heterocycles. The zero-order valence-corrected chi connectivity index (χ0v) is 17.4. The van der Waals surface area contributed by atoms with Gasteiger partial charge in [-0.3, -0.25) is 0 Å². The molecule has 0 aromatic heterocycles. The second kappa shape index (κ2) is 9.84. The Labute approximate surface area is 175 Å². The van der Waals surface area contributed by atoms with Gasteiger partial charge in [0, 0.05) is 13.1 Å². The molecule has 0 aliphatic carbocycles. The number of carbonyl (C=O) groups excluding carboxylic acids is 2. The molecule has 0 amide bonds. The lowest BCUT2D eigenvalue weighted by Crippen LogP contribution is -2.40. The van der Waals surface area contributed by atoms with E-state index >= 15 is 0 Å². The van der Waals surface area contributed by atoms with Crippen molar-refractivity contribution in [2.24, 2.45) is 0 Å². The van der Waals surface area contributed by atoms with Crippen LogP contribution in [-0.2, 0) is 24.2 Å². The number of morpholine rings is 1. The van der Waals surface area contributed by atoms with Gasteiger partial charge in [-0.05, 0) is 36.8 Å². The molecule has 1 aliphatic rings. The summed E-state index contributed by atoms with van der Waals surface area (Å²) < 4.78 is 42.4. The van der Waals surface area contributed by atoms with Crippen molar-refractivity contribution in [2.75, 3.05) is 39.5 Å². The Balaban J connectivity index is 1.60. The normalized spacial score (nSPS) is 14.8. The number of esters is 2. The highest BCUT2D eigenvalue weighted by molar-refractivity contribution is 7.89. The topological polar surface area (TPSA) is 99.2 Å². The summed E-state index contributed by atoms with van der Waals surface area (Å²) in [6, 6.07) is 12.8. The van der Waals surface area contributed by atoms with Crippen LogP contribution in [0.2, 0.25) is 0 Å². The molecule has 2 aromatic carbocycles. The van der Waals surface area contributed by atoms with Crippen molar-refractivity contribution in [3.63, 3.8) is 0 Å². The predicted octanol–water partition coefficient (Wildman–Crippen LogP) is 2.03. The molecule has 30 heavy (non-hydrogen) atoms. The fraction of sp³-hybridized carbons (Fsp3) is 0.333. The van der Waals surface area contributed by atoms with Crippen LogP contribution < -0.4 is 0 Å². The standard InChI is InChI=1S/C21H23NO7S/c1-16-7-8-18(30(25,26)22-9-11-27-12-10-22)15-19(16)21(24)29-14-13-28-20(23)17-5-3-2-4-6-17/h2-8,15H,9-14H2,1H3. The molecule has 8 nitrogen and oxygen atoms in total. The highest BCUT2D eigenvalue weighted by Gasteiger charge is 2.27. The molecule has 0 saturated carbocycles. The van der Waals surface area contributed by atoms with Gasteiger partial charge in [0.2, 0.25) is 10.0 Å². The average molecular weight is 433 g/mol. The first-order chi connectivity index (χ1) is 14.4. The van der Waals surface area contributed by atoms with Crippen LogP contribution in [0.5, 0.6) is 0 Å². The summed E-state index contributed by atoms with van der Waals surface area (Å²) in [5.74, 6) is -1.19. The van der Waals surface area contributed by atoms with E-state index in [0.717, 1.165) is 0 Å². The van der Waals surface area contributed by atoms with Gasteiger partial charge in [-0.25, -0.2) is 18.0 Å². The number of aryl methyl sites for hydroxylation is 1. The molecule has 1 fully saturated rings. The van der Waals surface area contributed by atoms with E-state index in [1.54, 1.807) is 43.3 Å². The number of nitrogens with zero attached hydrogens (tertiary/aromatic N) is 1. The summed E-state index contributed by atoms with van der Waals surface area (Å²) in [7, 11) is -3.73. The highest BCUT2D eigenvalue weighted by atomic mass is 32.2. The Morgan fingerprint density at radius 3 is 2.27 bits per heavy atom. The van der Waals surface area contributed by atoms with E-state index in [1.807, 2.05) is 0 Å². The maximum Gasteiger partial charge on any atom is 0.338 e. The summed E-state index contributed by atoms with van der Waals surface area (Å²) in [5, 5.41) is 0. The van der Waals surface area contributed by atoms with Crippen molar-refractivity contribution in [1.29, 1.82) is 0 Å². The second-order valence-corrected chi connectivity index (χ2v) is 8.57. The fourth-order valence-corrected chi connectivity index (χ4v) is 4.36. The minimum Gasteiger partial charge on any atom is -0.458 e. The van der Waals surface area contributed by atoms with Crippen molar-refractivity contribution < 1.29 is 32.2 Å². The van der Waals surface area contributed by atoms with Crippen LogP contribution in [-0.4, -0.2) is 64.2 Å². The van der Waals surface area contributed by atoms with Crippen LogP contribution in [0.15, 0.2) is 53.4 Å². The van der Waals surface area contributed by atoms with Crippen molar-refractivity contribution >= 4 is 22.0 Å². The van der Waals surface area contributed by atoms with Crippen molar-refractivity contribution in [3.8, 4) is 0 Å². The minimum atomic E-state index is -3.73. The first kappa shape index (κ1) is 21.9. The lowest BCUT2D eigenvalue weighted by atomic mass is 10.1. The van der Waals surface area contributed by atoms with Crippen molar-refractivity contribution in [2.45, 2.75) is 11.8 Å². The van der Waals surface area contributed by atoms with E-state index in [-0.39, 0.29) is 36.8 Å². The predicted molar refractivity (Wildman–Crippen MR) is 108 cm³/mol. The van der Waals surface area contributed by atoms with Crippen molar-refractivity contribution in [1.82, 2.24) is 4.31 Å². The number of benzene rings is 2. The third-order valence-electron chi connectivity index (χ3n) is 4.60. The molecule has 1 aliphatic heterocycles. The maximum atomic E-state index is 12.8. The Kier molecular flexibility index (Phi) is 7.20. The third kappa shape index (κ3) is 5.24. The smallest absolute Gasteiger partial charge is 0.338 e. The molecular formula is C21H23NO7S. The van der Waals surface area contributed by atoms with Gasteiger partial charge in [-0.15, -0.1) is 0 Å². The van der Waals surface area contributed by atoms with Gasteiger partial charge in [-0.1, -0.05) is 24.3 Å². The molecule has 0 atom stereocenters. The number of rotatable bonds is 7. The van der Waals surface area contributed by atoms with Gasteiger partial charge in [-0.2, -0.15) is 4.31 Å². The van der Waals surface area contributed by atoms with Crippen LogP contribution in [0.3, 0.4) is 0 Å². The Morgan fingerprint density at radius 1 is 0.967 bits per heavy atom. The minimum absolute atomic E-state index is 0.0254. The maximum absolute atomic E-state index is 12.8. The van der Waals surface area contributed by atoms with Gasteiger partial charge in [0.05, 0.1) is 29.2 Å². The molecule has 1 heterocycles. The lowest BCUT2D eigenvalue weighted by Gasteiger charge is -2.26. The molecule has 3 rings (SSSR count). The van der Waals surface area contributed by atoms with E-state index < -0.39 is 22.0 Å². The van der Waals surface area contributed by atoms with Crippen LogP contribution in [0.1, 0.15) is 26.3 Å². The molecule has 0 radical (unpaired) electrons. The lowest BCUT2D eigenvalue weighted by molar-refractivity contribution is 0.0265. The number of hydrogen-bond acceptors (Lipinski definition) is 7. The van der Waals surface area contributed by atoms with Gasteiger partial charge in [0.1, 0.15) is 13.2 Å². The first-order valence-corrected chi connectivity index (χ1v) is 10.9. The largest absolute Gasteiger partial charge is 0.458 e. The van der Waals surface area contributed by atoms with E-state index in [0.29, 0.717) is 24.3 Å². The zero-order valence-electron chi connectivity index (χ0n) is 16.6. The third-order valence-corrected chi connectivity index (χ3v) is 6.49. The zero-order chi connectivity index (χ0) is 21.6. The average Bonchev–Trinajstić information content (AvgIpc) is 2.77. The highest BCUT2D eigenvalue weighted by Crippen LogP contribution is 2.21. The number of hydrogen-bond donors (Lipinski definition) is 0. The molecule has 9 heteroatoms. The summed E-state index contributed by atoms with van der Waals surface area (Å²) in [4.78, 5) is 24.3. The van der Waals surface area contributed by atoms with Crippen LogP contribution in [0.4, 0.5) is 0 Å². The monoisotopic (exact) mass is 433 g/mol. The van der Waals surface area contributed by atoms with Crippen molar-refractivity contribution in [3.05, 3.63) is 65.2 Å². The van der Waals surface area contributed by atoms with E-state index in [2.05, 4.69) is 0 Å². The number of sulfonamides is 1. The van der Waals surface area contributed by atoms with Crippen LogP contribution >= 0.6 is 0 Å². The van der Waals surface area contributed by atoms with E-state index in [1.165, 1.54) is 16.4 Å². The first-order valence-electron chi connectivity index (χ1n) is 9.47. The Hall–Kier alpha value is -2.75. The summed E-state index contributed by atoms with van der Waals surface area (Å²) in [6.07, 6.45) is 0. The van der Waals surface area contributed by atoms with Crippen LogP contribution in [0.25, 0.3) is 0 Å². The molecule has 0 spiro atoms. The van der Waals surface area contributed by atoms with E-state index in [9.17, 15) is 18.0 Å². The van der Waals surface area contributed by atoms with Crippen LogP contribution in [0, 0.1) is 6.92 Å². The van der Waals surface area contributed by atoms with E-state index in [4.69, 9.17) is 14.2 Å².